The molecule has 2 aromatic rings. The summed E-state index contributed by atoms with van der Waals surface area (Å²) >= 11 is 0. The van der Waals surface area contributed by atoms with Crippen molar-refractivity contribution in [3.05, 3.63) is 29.6 Å². The number of imidazole rings is 1. The van der Waals surface area contributed by atoms with Crippen molar-refractivity contribution in [3.8, 4) is 0 Å². The Morgan fingerprint density at radius 3 is 2.64 bits per heavy atom. The molecule has 0 atom stereocenters. The molecular weight excluding hydrogens is 172 g/mol. The van der Waals surface area contributed by atoms with Gasteiger partial charge in [-0.25, -0.2) is 4.98 Å². The van der Waals surface area contributed by atoms with Crippen molar-refractivity contribution in [1.82, 2.24) is 9.55 Å². The maximum atomic E-state index is 4.44. The van der Waals surface area contributed by atoms with Crippen LogP contribution in [-0.4, -0.2) is 9.55 Å². The molecule has 0 aliphatic rings. The number of hydrogen-bond donors (Lipinski definition) is 0. The summed E-state index contributed by atoms with van der Waals surface area (Å²) in [5, 5.41) is 0. The minimum absolute atomic E-state index is 0.535. The number of rotatable bonds is 1. The minimum Gasteiger partial charge on any atom is -0.334 e. The van der Waals surface area contributed by atoms with Crippen LogP contribution in [0.2, 0.25) is 0 Å². The van der Waals surface area contributed by atoms with Crippen molar-refractivity contribution >= 4 is 11.0 Å². The van der Waals surface area contributed by atoms with Crippen molar-refractivity contribution in [2.45, 2.75) is 26.7 Å². The summed E-state index contributed by atoms with van der Waals surface area (Å²) < 4.78 is 2.08. The third-order valence-electron chi connectivity index (χ3n) is 2.63. The highest BCUT2D eigenvalue weighted by Gasteiger charge is 2.09. The van der Waals surface area contributed by atoms with Crippen LogP contribution >= 0.6 is 0 Å². The Bertz CT molecular complexity index is 466. The third-order valence-corrected chi connectivity index (χ3v) is 2.63. The van der Waals surface area contributed by atoms with E-state index in [1.165, 1.54) is 16.6 Å². The van der Waals surface area contributed by atoms with Gasteiger partial charge in [0.05, 0.1) is 17.4 Å². The molecule has 0 saturated carbocycles. The Balaban J connectivity index is 2.82. The maximum absolute atomic E-state index is 4.44. The molecule has 2 rings (SSSR count). The summed E-state index contributed by atoms with van der Waals surface area (Å²) in [5.74, 6) is 0.535. The Labute approximate surface area is 84.6 Å². The van der Waals surface area contributed by atoms with Gasteiger partial charge in [-0.3, -0.25) is 0 Å². The van der Waals surface area contributed by atoms with Gasteiger partial charge in [-0.2, -0.15) is 0 Å². The highest BCUT2D eigenvalue weighted by molar-refractivity contribution is 5.80. The Hall–Kier alpha value is -1.31. The quantitative estimate of drug-likeness (QED) is 0.672. The second-order valence-corrected chi connectivity index (χ2v) is 4.23. The van der Waals surface area contributed by atoms with Crippen molar-refractivity contribution < 1.29 is 0 Å². The van der Waals surface area contributed by atoms with Crippen LogP contribution in [0.1, 0.15) is 30.9 Å². The van der Waals surface area contributed by atoms with Gasteiger partial charge in [0.1, 0.15) is 0 Å². The van der Waals surface area contributed by atoms with Crippen molar-refractivity contribution in [2.75, 3.05) is 0 Å². The molecule has 0 spiro atoms. The molecule has 0 aliphatic carbocycles. The monoisotopic (exact) mass is 188 g/mol. The number of nitrogens with zero attached hydrogens (tertiary/aromatic N) is 2. The normalized spacial score (nSPS) is 11.5. The van der Waals surface area contributed by atoms with E-state index in [0.29, 0.717) is 5.92 Å². The summed E-state index contributed by atoms with van der Waals surface area (Å²) in [4.78, 5) is 4.44. The van der Waals surface area contributed by atoms with Crippen molar-refractivity contribution in [1.29, 1.82) is 0 Å². The first-order chi connectivity index (χ1) is 6.59. The lowest BCUT2D eigenvalue weighted by molar-refractivity contribution is 0.872. The highest BCUT2D eigenvalue weighted by Crippen LogP contribution is 2.25. The van der Waals surface area contributed by atoms with Crippen LogP contribution in [0.5, 0.6) is 0 Å². The first kappa shape index (κ1) is 9.25. The fourth-order valence-electron chi connectivity index (χ4n) is 1.84. The van der Waals surface area contributed by atoms with Crippen LogP contribution in [0.3, 0.4) is 0 Å². The maximum Gasteiger partial charge on any atom is 0.0955 e. The Morgan fingerprint density at radius 1 is 1.29 bits per heavy atom. The van der Waals surface area contributed by atoms with Crippen LogP contribution in [0.15, 0.2) is 18.5 Å². The number of aryl methyl sites for hydroxylation is 2. The summed E-state index contributed by atoms with van der Waals surface area (Å²) in [7, 11) is 2.04. The van der Waals surface area contributed by atoms with E-state index in [2.05, 4.69) is 42.5 Å². The van der Waals surface area contributed by atoms with Crippen LogP contribution in [0.4, 0.5) is 0 Å². The Kier molecular flexibility index (Phi) is 2.06. The molecule has 0 aliphatic heterocycles. The smallest absolute Gasteiger partial charge is 0.0955 e. The molecule has 14 heavy (non-hydrogen) atoms. The SMILES string of the molecule is Cc1cc(C(C)C)c2ncn(C)c2c1. The second kappa shape index (κ2) is 3.12. The second-order valence-electron chi connectivity index (χ2n) is 4.23. The molecule has 0 fully saturated rings. The standard InChI is InChI=1S/C12H16N2/c1-8(2)10-5-9(3)6-11-12(10)13-7-14(11)4/h5-8H,1-4H3. The van der Waals surface area contributed by atoms with Gasteiger partial charge in [-0.15, -0.1) is 0 Å². The molecule has 0 radical (unpaired) electrons. The van der Waals surface area contributed by atoms with Gasteiger partial charge in [0.25, 0.3) is 0 Å². The van der Waals surface area contributed by atoms with E-state index < -0.39 is 0 Å². The first-order valence-electron chi connectivity index (χ1n) is 5.01. The molecule has 0 saturated heterocycles. The molecule has 1 aromatic heterocycles. The topological polar surface area (TPSA) is 17.8 Å². The fourth-order valence-corrected chi connectivity index (χ4v) is 1.84. The number of benzene rings is 1. The van der Waals surface area contributed by atoms with Crippen LogP contribution in [0.25, 0.3) is 11.0 Å². The van der Waals surface area contributed by atoms with E-state index in [1.807, 2.05) is 13.4 Å². The molecule has 74 valence electrons. The molecule has 0 amide bonds. The summed E-state index contributed by atoms with van der Waals surface area (Å²) in [6.07, 6.45) is 1.88. The van der Waals surface area contributed by atoms with Gasteiger partial charge in [0.15, 0.2) is 0 Å². The zero-order valence-corrected chi connectivity index (χ0v) is 9.20. The van der Waals surface area contributed by atoms with E-state index in [0.717, 1.165) is 5.52 Å². The fraction of sp³-hybridized carbons (Fsp3) is 0.417. The van der Waals surface area contributed by atoms with Gasteiger partial charge < -0.3 is 4.57 Å². The van der Waals surface area contributed by atoms with Gasteiger partial charge in [-0.1, -0.05) is 19.9 Å². The number of fused-ring (bicyclic) bond motifs is 1. The van der Waals surface area contributed by atoms with Crippen LogP contribution < -0.4 is 0 Å². The lowest BCUT2D eigenvalue weighted by Gasteiger charge is -2.08. The largest absolute Gasteiger partial charge is 0.334 e. The van der Waals surface area contributed by atoms with Gasteiger partial charge in [-0.05, 0) is 30.0 Å². The van der Waals surface area contributed by atoms with E-state index in [1.54, 1.807) is 0 Å². The van der Waals surface area contributed by atoms with Gasteiger partial charge >= 0.3 is 0 Å². The molecule has 2 nitrogen and oxygen atoms in total. The summed E-state index contributed by atoms with van der Waals surface area (Å²) in [5.41, 5.74) is 5.03. The van der Waals surface area contributed by atoms with Gasteiger partial charge in [0.2, 0.25) is 0 Å². The molecular formula is C12H16N2. The van der Waals surface area contributed by atoms with E-state index in [4.69, 9.17) is 0 Å². The number of aromatic nitrogens is 2. The molecule has 0 N–H and O–H groups in total. The molecule has 1 aromatic carbocycles. The average molecular weight is 188 g/mol. The van der Waals surface area contributed by atoms with Crippen LogP contribution in [0, 0.1) is 6.92 Å². The zero-order chi connectivity index (χ0) is 10.3. The highest BCUT2D eigenvalue weighted by atomic mass is 15.0. The van der Waals surface area contributed by atoms with E-state index in [9.17, 15) is 0 Å². The number of hydrogen-bond acceptors (Lipinski definition) is 1. The zero-order valence-electron chi connectivity index (χ0n) is 9.20. The predicted molar refractivity (Wildman–Crippen MR) is 59.5 cm³/mol. The van der Waals surface area contributed by atoms with Crippen molar-refractivity contribution in [2.24, 2.45) is 7.05 Å². The third kappa shape index (κ3) is 1.31. The van der Waals surface area contributed by atoms with Crippen molar-refractivity contribution in [3.63, 3.8) is 0 Å². The predicted octanol–water partition coefficient (Wildman–Crippen LogP) is 3.01. The Morgan fingerprint density at radius 2 is 2.00 bits per heavy atom. The van der Waals surface area contributed by atoms with Gasteiger partial charge in [0, 0.05) is 7.05 Å². The molecule has 1 heterocycles. The van der Waals surface area contributed by atoms with E-state index >= 15 is 0 Å². The summed E-state index contributed by atoms with van der Waals surface area (Å²) in [6.45, 7) is 6.56. The average Bonchev–Trinajstić information content (AvgIpc) is 2.47. The van der Waals surface area contributed by atoms with E-state index in [-0.39, 0.29) is 0 Å². The summed E-state index contributed by atoms with van der Waals surface area (Å²) in [6, 6.07) is 4.42. The molecule has 2 heteroatoms. The first-order valence-corrected chi connectivity index (χ1v) is 5.01. The lowest BCUT2D eigenvalue weighted by atomic mass is 9.99. The molecule has 0 unspecified atom stereocenters. The minimum atomic E-state index is 0.535. The van der Waals surface area contributed by atoms with Crippen LogP contribution in [-0.2, 0) is 7.05 Å². The molecule has 0 bridgehead atoms. The lowest BCUT2D eigenvalue weighted by Crippen LogP contribution is -1.92.